The highest BCUT2D eigenvalue weighted by atomic mass is 35.5. The summed E-state index contributed by atoms with van der Waals surface area (Å²) in [5.74, 6) is -0.334. The van der Waals surface area contributed by atoms with Gasteiger partial charge in [0, 0.05) is 22.7 Å². The molecule has 1 aliphatic heterocycles. The van der Waals surface area contributed by atoms with Crippen LogP contribution in [0.1, 0.15) is 20.8 Å². The van der Waals surface area contributed by atoms with Gasteiger partial charge in [-0.3, -0.25) is 9.59 Å². The van der Waals surface area contributed by atoms with Gasteiger partial charge in [0.15, 0.2) is 0 Å². The molecule has 0 saturated heterocycles. The van der Waals surface area contributed by atoms with Crippen LogP contribution < -0.4 is 10.2 Å². The molecule has 1 aliphatic rings. The van der Waals surface area contributed by atoms with Crippen LogP contribution >= 0.6 is 22.9 Å². The Morgan fingerprint density at radius 3 is 2.96 bits per heavy atom. The summed E-state index contributed by atoms with van der Waals surface area (Å²) < 4.78 is 0. The molecule has 0 unspecified atom stereocenters. The normalized spacial score (nSPS) is 13.2. The highest BCUT2D eigenvalue weighted by Gasteiger charge is 2.21. The molecule has 4 nitrogen and oxygen atoms in total. The van der Waals surface area contributed by atoms with Crippen molar-refractivity contribution in [3.05, 3.63) is 63.3 Å². The number of carbonyl (C=O) groups excluding carboxylic acids is 2. The molecule has 2 amide bonds. The molecule has 0 radical (unpaired) electrons. The number of nitrogens with zero attached hydrogens (tertiary/aromatic N) is 1. The average molecular weight is 347 g/mol. The Kier molecular flexibility index (Phi) is 4.50. The summed E-state index contributed by atoms with van der Waals surface area (Å²) in [4.78, 5) is 26.8. The van der Waals surface area contributed by atoms with Crippen molar-refractivity contribution in [2.24, 2.45) is 0 Å². The maximum absolute atomic E-state index is 12.3. The molecule has 0 spiro atoms. The monoisotopic (exact) mass is 346 g/mol. The lowest BCUT2D eigenvalue weighted by molar-refractivity contribution is -0.114. The van der Waals surface area contributed by atoms with E-state index in [9.17, 15) is 9.59 Å². The molecule has 2 heterocycles. The first kappa shape index (κ1) is 15.8. The van der Waals surface area contributed by atoms with Crippen molar-refractivity contribution in [3.8, 4) is 0 Å². The highest BCUT2D eigenvalue weighted by Crippen LogP contribution is 2.28. The number of fused-ring (bicyclic) bond motifs is 1. The topological polar surface area (TPSA) is 49.4 Å². The van der Waals surface area contributed by atoms with Crippen molar-refractivity contribution in [3.63, 3.8) is 0 Å². The molecule has 6 heteroatoms. The van der Waals surface area contributed by atoms with Gasteiger partial charge in [0.2, 0.25) is 0 Å². The van der Waals surface area contributed by atoms with Crippen LogP contribution in [0.3, 0.4) is 0 Å². The van der Waals surface area contributed by atoms with Crippen molar-refractivity contribution in [2.45, 2.75) is 13.0 Å². The third kappa shape index (κ3) is 3.16. The summed E-state index contributed by atoms with van der Waals surface area (Å²) in [6, 6.07) is 7.33. The summed E-state index contributed by atoms with van der Waals surface area (Å²) in [5, 5.41) is 5.34. The Hall–Kier alpha value is -2.11. The number of rotatable bonds is 4. The van der Waals surface area contributed by atoms with Gasteiger partial charge in [-0.2, -0.15) is 0 Å². The number of hydrogen-bond donors (Lipinski definition) is 1. The molecular formula is C17H15ClN2O2S. The molecular weight excluding hydrogens is 332 g/mol. The zero-order valence-corrected chi connectivity index (χ0v) is 13.9. The van der Waals surface area contributed by atoms with Crippen LogP contribution in [-0.2, 0) is 17.8 Å². The van der Waals surface area contributed by atoms with E-state index >= 15 is 0 Å². The summed E-state index contributed by atoms with van der Waals surface area (Å²) in [6.07, 6.45) is 2.06. The van der Waals surface area contributed by atoms with Crippen molar-refractivity contribution in [2.75, 3.05) is 11.4 Å². The van der Waals surface area contributed by atoms with Gasteiger partial charge in [0.05, 0.1) is 11.6 Å². The van der Waals surface area contributed by atoms with E-state index in [1.54, 1.807) is 17.0 Å². The largest absolute Gasteiger partial charge is 0.352 e. The average Bonchev–Trinajstić information content (AvgIpc) is 2.97. The van der Waals surface area contributed by atoms with Gasteiger partial charge in [-0.25, -0.2) is 0 Å². The van der Waals surface area contributed by atoms with E-state index in [0.717, 1.165) is 16.9 Å². The Morgan fingerprint density at radius 2 is 2.26 bits per heavy atom. The van der Waals surface area contributed by atoms with Crippen LogP contribution in [-0.4, -0.2) is 18.4 Å². The van der Waals surface area contributed by atoms with E-state index in [4.69, 9.17) is 11.6 Å². The van der Waals surface area contributed by atoms with Gasteiger partial charge in [-0.15, -0.1) is 11.3 Å². The maximum atomic E-state index is 12.3. The molecule has 1 aromatic carbocycles. The van der Waals surface area contributed by atoms with Crippen LogP contribution in [0.4, 0.5) is 5.69 Å². The molecule has 118 valence electrons. The molecule has 0 atom stereocenters. The third-order valence-electron chi connectivity index (χ3n) is 3.76. The van der Waals surface area contributed by atoms with Crippen LogP contribution in [0.2, 0.25) is 5.02 Å². The fourth-order valence-electron chi connectivity index (χ4n) is 2.56. The fraction of sp³-hybridized carbons (Fsp3) is 0.176. The van der Waals surface area contributed by atoms with E-state index in [2.05, 4.69) is 11.9 Å². The molecule has 1 N–H and O–H groups in total. The Balaban J connectivity index is 1.98. The predicted molar refractivity (Wildman–Crippen MR) is 93.2 cm³/mol. The number of amides is 2. The number of benzene rings is 1. The summed E-state index contributed by atoms with van der Waals surface area (Å²) in [7, 11) is 0. The minimum Gasteiger partial charge on any atom is -0.352 e. The summed E-state index contributed by atoms with van der Waals surface area (Å²) in [6.45, 7) is 4.55. The van der Waals surface area contributed by atoms with E-state index < -0.39 is 0 Å². The standard InChI is InChI=1S/C17H15ClN2O2S/c1-2-16(21)20(10-15-14(18)6-8-23-15)12-4-3-11-5-7-19-17(22)13(11)9-12/h2-4,6,8-9H,1,5,7,10H2,(H,19,22). The molecule has 3 rings (SSSR count). The summed E-state index contributed by atoms with van der Waals surface area (Å²) in [5.41, 5.74) is 2.28. The molecule has 1 aromatic heterocycles. The minimum atomic E-state index is -0.231. The molecule has 0 aliphatic carbocycles. The van der Waals surface area contributed by atoms with E-state index in [1.807, 2.05) is 17.5 Å². The second kappa shape index (κ2) is 6.56. The fourth-order valence-corrected chi connectivity index (χ4v) is 3.64. The van der Waals surface area contributed by atoms with Gasteiger partial charge < -0.3 is 10.2 Å². The first-order chi connectivity index (χ1) is 11.1. The number of anilines is 1. The minimum absolute atomic E-state index is 0.103. The Labute approximate surface area is 143 Å². The van der Waals surface area contributed by atoms with E-state index in [1.165, 1.54) is 17.4 Å². The molecule has 0 saturated carbocycles. The number of halogens is 1. The van der Waals surface area contributed by atoms with Crippen LogP contribution in [0.15, 0.2) is 42.3 Å². The zero-order valence-electron chi connectivity index (χ0n) is 12.3. The van der Waals surface area contributed by atoms with Gasteiger partial charge in [-0.05, 0) is 41.6 Å². The van der Waals surface area contributed by atoms with Crippen LogP contribution in [0.25, 0.3) is 0 Å². The first-order valence-electron chi connectivity index (χ1n) is 7.17. The molecule has 23 heavy (non-hydrogen) atoms. The van der Waals surface area contributed by atoms with Crippen LogP contribution in [0, 0.1) is 0 Å². The van der Waals surface area contributed by atoms with Gasteiger partial charge in [0.25, 0.3) is 11.8 Å². The Bertz CT molecular complexity index is 785. The summed E-state index contributed by atoms with van der Waals surface area (Å²) >= 11 is 7.63. The second-order valence-electron chi connectivity index (χ2n) is 5.17. The second-order valence-corrected chi connectivity index (χ2v) is 6.58. The van der Waals surface area contributed by atoms with E-state index in [-0.39, 0.29) is 11.8 Å². The zero-order chi connectivity index (χ0) is 16.4. The number of hydrogen-bond acceptors (Lipinski definition) is 3. The molecule has 2 aromatic rings. The predicted octanol–water partition coefficient (Wildman–Crippen LogP) is 3.41. The Morgan fingerprint density at radius 1 is 1.43 bits per heavy atom. The third-order valence-corrected chi connectivity index (χ3v) is 5.13. The van der Waals surface area contributed by atoms with Crippen LogP contribution in [0.5, 0.6) is 0 Å². The lowest BCUT2D eigenvalue weighted by Crippen LogP contribution is -2.33. The maximum Gasteiger partial charge on any atom is 0.251 e. The van der Waals surface area contributed by atoms with Crippen molar-refractivity contribution < 1.29 is 9.59 Å². The van der Waals surface area contributed by atoms with Gasteiger partial charge >= 0.3 is 0 Å². The quantitative estimate of drug-likeness (QED) is 0.862. The van der Waals surface area contributed by atoms with Crippen molar-refractivity contribution in [1.82, 2.24) is 5.32 Å². The van der Waals surface area contributed by atoms with Crippen molar-refractivity contribution in [1.29, 1.82) is 0 Å². The SMILES string of the molecule is C=CC(=O)N(Cc1sccc1Cl)c1ccc2c(c1)C(=O)NCC2. The highest BCUT2D eigenvalue weighted by molar-refractivity contribution is 7.10. The lowest BCUT2D eigenvalue weighted by Gasteiger charge is -2.24. The number of nitrogens with one attached hydrogen (secondary N) is 1. The lowest BCUT2D eigenvalue weighted by atomic mass is 9.99. The molecule has 0 fully saturated rings. The van der Waals surface area contributed by atoms with Gasteiger partial charge in [-0.1, -0.05) is 24.2 Å². The number of carbonyl (C=O) groups is 2. The number of thiophene rings is 1. The first-order valence-corrected chi connectivity index (χ1v) is 8.43. The van der Waals surface area contributed by atoms with E-state index in [0.29, 0.717) is 29.4 Å². The van der Waals surface area contributed by atoms with Crippen molar-refractivity contribution >= 4 is 40.4 Å². The van der Waals surface area contributed by atoms with Gasteiger partial charge in [0.1, 0.15) is 0 Å². The molecule has 0 bridgehead atoms. The smallest absolute Gasteiger partial charge is 0.251 e.